The summed E-state index contributed by atoms with van der Waals surface area (Å²) in [6, 6.07) is 15.6. The largest absolute Gasteiger partial charge is 0.344 e. The second-order valence-corrected chi connectivity index (χ2v) is 10.2. The Kier molecular flexibility index (Phi) is 7.17. The first-order chi connectivity index (χ1) is 15.4. The van der Waals surface area contributed by atoms with Crippen molar-refractivity contribution in [2.24, 2.45) is 5.92 Å². The molecular formula is C26H29ClN2O2S. The van der Waals surface area contributed by atoms with Gasteiger partial charge in [0.15, 0.2) is 0 Å². The average Bonchev–Trinajstić information content (AvgIpc) is 3.20. The Hall–Kier alpha value is -2.37. The minimum absolute atomic E-state index is 0.0260. The lowest BCUT2D eigenvalue weighted by Crippen LogP contribution is -2.53. The van der Waals surface area contributed by atoms with E-state index in [1.54, 1.807) is 11.3 Å². The number of fused-ring (bicyclic) bond motifs is 1. The fraction of sp³-hybridized carbons (Fsp3) is 0.385. The van der Waals surface area contributed by atoms with Crippen molar-refractivity contribution in [3.05, 3.63) is 70.1 Å². The number of likely N-dealkylation sites (tertiary alicyclic amines) is 1. The van der Waals surface area contributed by atoms with Gasteiger partial charge >= 0.3 is 0 Å². The summed E-state index contributed by atoms with van der Waals surface area (Å²) in [4.78, 5) is 28.0. The summed E-state index contributed by atoms with van der Waals surface area (Å²) < 4.78 is 1.18. The monoisotopic (exact) mass is 468 g/mol. The lowest BCUT2D eigenvalue weighted by atomic mass is 9.89. The SMILES string of the molecule is CC(C)C(NC(=O)Cc1csc2ccccc12)C(=O)N1CCC(c2ccc(Cl)cc2)CC1. The highest BCUT2D eigenvalue weighted by atomic mass is 35.5. The number of halogens is 1. The highest BCUT2D eigenvalue weighted by Gasteiger charge is 2.31. The maximum atomic E-state index is 13.3. The van der Waals surface area contributed by atoms with Crippen molar-refractivity contribution < 1.29 is 9.59 Å². The van der Waals surface area contributed by atoms with Crippen molar-refractivity contribution >= 4 is 44.8 Å². The third-order valence-electron chi connectivity index (χ3n) is 6.31. The molecule has 1 atom stereocenters. The Morgan fingerprint density at radius 1 is 1.09 bits per heavy atom. The Labute approximate surface area is 198 Å². The summed E-state index contributed by atoms with van der Waals surface area (Å²) in [6.07, 6.45) is 2.14. The molecule has 3 aromatic rings. The van der Waals surface area contributed by atoms with E-state index in [4.69, 9.17) is 11.6 Å². The van der Waals surface area contributed by atoms with Crippen LogP contribution in [0.3, 0.4) is 0 Å². The predicted octanol–water partition coefficient (Wildman–Crippen LogP) is 5.64. The molecule has 0 aliphatic carbocycles. The van der Waals surface area contributed by atoms with Crippen molar-refractivity contribution in [2.45, 2.75) is 45.1 Å². The van der Waals surface area contributed by atoms with Crippen LogP contribution in [0.5, 0.6) is 0 Å². The van der Waals surface area contributed by atoms with Crippen molar-refractivity contribution in [1.82, 2.24) is 10.2 Å². The molecule has 168 valence electrons. The Balaban J connectivity index is 1.36. The smallest absolute Gasteiger partial charge is 0.245 e. The molecule has 6 heteroatoms. The third kappa shape index (κ3) is 5.16. The van der Waals surface area contributed by atoms with E-state index >= 15 is 0 Å². The van der Waals surface area contributed by atoms with Crippen LogP contribution in [0, 0.1) is 5.92 Å². The fourth-order valence-electron chi connectivity index (χ4n) is 4.45. The number of benzene rings is 2. The number of nitrogens with one attached hydrogen (secondary N) is 1. The van der Waals surface area contributed by atoms with Crippen LogP contribution in [0.15, 0.2) is 53.9 Å². The van der Waals surface area contributed by atoms with Crippen LogP contribution in [0.2, 0.25) is 5.02 Å². The van der Waals surface area contributed by atoms with E-state index in [1.807, 2.05) is 54.5 Å². The minimum atomic E-state index is -0.500. The van der Waals surface area contributed by atoms with E-state index in [2.05, 4.69) is 23.5 Å². The van der Waals surface area contributed by atoms with Gasteiger partial charge in [-0.3, -0.25) is 9.59 Å². The number of hydrogen-bond donors (Lipinski definition) is 1. The predicted molar refractivity (Wildman–Crippen MR) is 132 cm³/mol. The molecular weight excluding hydrogens is 440 g/mol. The molecule has 4 rings (SSSR count). The normalized spacial score (nSPS) is 15.8. The minimum Gasteiger partial charge on any atom is -0.344 e. The summed E-state index contributed by atoms with van der Waals surface area (Å²) in [5.41, 5.74) is 2.29. The maximum absolute atomic E-state index is 13.3. The molecule has 1 N–H and O–H groups in total. The number of carbonyl (C=O) groups excluding carboxylic acids is 2. The Bertz CT molecular complexity index is 1080. The van der Waals surface area contributed by atoms with Gasteiger partial charge in [-0.1, -0.05) is 55.8 Å². The van der Waals surface area contributed by atoms with E-state index in [0.717, 1.165) is 28.8 Å². The molecule has 1 unspecified atom stereocenters. The molecule has 32 heavy (non-hydrogen) atoms. The second-order valence-electron chi connectivity index (χ2n) is 8.87. The number of carbonyl (C=O) groups is 2. The molecule has 0 spiro atoms. The molecule has 2 amide bonds. The Morgan fingerprint density at radius 3 is 2.47 bits per heavy atom. The van der Waals surface area contributed by atoms with Crippen LogP contribution < -0.4 is 5.32 Å². The molecule has 0 saturated carbocycles. The lowest BCUT2D eigenvalue weighted by Gasteiger charge is -2.35. The van der Waals surface area contributed by atoms with Gasteiger partial charge in [-0.2, -0.15) is 0 Å². The van der Waals surface area contributed by atoms with Crippen molar-refractivity contribution in [2.75, 3.05) is 13.1 Å². The Morgan fingerprint density at radius 2 is 1.78 bits per heavy atom. The molecule has 1 aliphatic rings. The summed E-state index contributed by atoms with van der Waals surface area (Å²) in [5.74, 6) is 0.393. The van der Waals surface area contributed by atoms with E-state index in [1.165, 1.54) is 10.3 Å². The van der Waals surface area contributed by atoms with Crippen molar-refractivity contribution in [1.29, 1.82) is 0 Å². The molecule has 1 saturated heterocycles. The molecule has 1 aromatic heterocycles. The summed E-state index contributed by atoms with van der Waals surface area (Å²) in [6.45, 7) is 5.40. The van der Waals surface area contributed by atoms with E-state index in [0.29, 0.717) is 25.4 Å². The fourth-order valence-corrected chi connectivity index (χ4v) is 5.53. The molecule has 4 nitrogen and oxygen atoms in total. The van der Waals surface area contributed by atoms with Gasteiger partial charge in [-0.15, -0.1) is 11.3 Å². The quantitative estimate of drug-likeness (QED) is 0.508. The summed E-state index contributed by atoms with van der Waals surface area (Å²) in [7, 11) is 0. The van der Waals surface area contributed by atoms with Crippen molar-refractivity contribution in [3.63, 3.8) is 0 Å². The third-order valence-corrected chi connectivity index (χ3v) is 7.57. The number of piperidine rings is 1. The van der Waals surface area contributed by atoms with E-state index in [9.17, 15) is 9.59 Å². The first-order valence-corrected chi connectivity index (χ1v) is 12.5. The highest BCUT2D eigenvalue weighted by molar-refractivity contribution is 7.17. The zero-order chi connectivity index (χ0) is 22.7. The summed E-state index contributed by atoms with van der Waals surface area (Å²) >= 11 is 7.65. The van der Waals surface area contributed by atoms with Crippen molar-refractivity contribution in [3.8, 4) is 0 Å². The van der Waals surface area contributed by atoms with Crippen LogP contribution in [0.4, 0.5) is 0 Å². The number of nitrogens with zero attached hydrogens (tertiary/aromatic N) is 1. The topological polar surface area (TPSA) is 49.4 Å². The average molecular weight is 469 g/mol. The molecule has 1 aliphatic heterocycles. The lowest BCUT2D eigenvalue weighted by molar-refractivity contribution is -0.138. The van der Waals surface area contributed by atoms with Gasteiger partial charge in [0.1, 0.15) is 6.04 Å². The van der Waals surface area contributed by atoms with Gasteiger partial charge in [0, 0.05) is 22.8 Å². The zero-order valence-electron chi connectivity index (χ0n) is 18.5. The van der Waals surface area contributed by atoms with Gasteiger partial charge < -0.3 is 10.2 Å². The van der Waals surface area contributed by atoms with Crippen LogP contribution in [-0.2, 0) is 16.0 Å². The highest BCUT2D eigenvalue weighted by Crippen LogP contribution is 2.30. The van der Waals surface area contributed by atoms with E-state index < -0.39 is 6.04 Å². The van der Waals surface area contributed by atoms with Crippen LogP contribution in [-0.4, -0.2) is 35.8 Å². The second kappa shape index (κ2) is 10.1. The van der Waals surface area contributed by atoms with Gasteiger partial charge in [-0.25, -0.2) is 0 Å². The van der Waals surface area contributed by atoms with Crippen LogP contribution in [0.1, 0.15) is 43.7 Å². The first kappa shape index (κ1) is 22.8. The van der Waals surface area contributed by atoms with Gasteiger partial charge in [-0.05, 0) is 64.8 Å². The van der Waals surface area contributed by atoms with Crippen LogP contribution >= 0.6 is 22.9 Å². The van der Waals surface area contributed by atoms with Gasteiger partial charge in [0.05, 0.1) is 6.42 Å². The maximum Gasteiger partial charge on any atom is 0.245 e. The molecule has 1 fully saturated rings. The zero-order valence-corrected chi connectivity index (χ0v) is 20.1. The molecule has 2 aromatic carbocycles. The molecule has 2 heterocycles. The number of hydrogen-bond acceptors (Lipinski definition) is 3. The number of amides is 2. The number of rotatable bonds is 6. The standard InChI is InChI=1S/C26H29ClN2O2S/c1-17(2)25(28-24(30)15-20-16-32-23-6-4-3-5-22(20)23)26(31)29-13-11-19(12-14-29)18-7-9-21(27)10-8-18/h3-10,16-17,19,25H,11-15H2,1-2H3,(H,28,30). The molecule has 0 radical (unpaired) electrons. The van der Waals surface area contributed by atoms with Gasteiger partial charge in [0.2, 0.25) is 11.8 Å². The van der Waals surface area contributed by atoms with E-state index in [-0.39, 0.29) is 17.7 Å². The van der Waals surface area contributed by atoms with Crippen LogP contribution in [0.25, 0.3) is 10.1 Å². The number of thiophene rings is 1. The summed E-state index contributed by atoms with van der Waals surface area (Å²) in [5, 5.41) is 6.92. The van der Waals surface area contributed by atoms with Gasteiger partial charge in [0.25, 0.3) is 0 Å². The molecule has 0 bridgehead atoms. The first-order valence-electron chi connectivity index (χ1n) is 11.2.